The number of fused-ring (bicyclic) bond motifs is 1. The van der Waals surface area contributed by atoms with E-state index in [1.54, 1.807) is 23.9 Å². The van der Waals surface area contributed by atoms with E-state index in [9.17, 15) is 4.39 Å². The number of nitrogens with zero attached hydrogens (tertiary/aromatic N) is 4. The van der Waals surface area contributed by atoms with Crippen LogP contribution < -0.4 is 5.73 Å². The Kier molecular flexibility index (Phi) is 2.90. The first-order valence-corrected chi connectivity index (χ1v) is 6.56. The number of rotatable bonds is 2. The zero-order chi connectivity index (χ0) is 14.4. The Morgan fingerprint density at radius 2 is 2.15 bits per heavy atom. The highest BCUT2D eigenvalue weighted by atomic mass is 35.5. The lowest BCUT2D eigenvalue weighted by molar-refractivity contribution is 0.618. The number of imidazole rings is 1. The van der Waals surface area contributed by atoms with Gasteiger partial charge in [-0.05, 0) is 18.6 Å². The van der Waals surface area contributed by atoms with Crippen LogP contribution in [0.2, 0.25) is 5.02 Å². The van der Waals surface area contributed by atoms with Crippen molar-refractivity contribution in [3.63, 3.8) is 0 Å². The van der Waals surface area contributed by atoms with Gasteiger partial charge in [0.15, 0.2) is 5.65 Å². The molecule has 0 unspecified atom stereocenters. The molecule has 0 aliphatic heterocycles. The van der Waals surface area contributed by atoms with Crippen LogP contribution >= 0.6 is 11.6 Å². The van der Waals surface area contributed by atoms with E-state index in [1.165, 1.54) is 10.6 Å². The maximum absolute atomic E-state index is 14.1. The van der Waals surface area contributed by atoms with Crippen molar-refractivity contribution in [2.24, 2.45) is 7.05 Å². The topological polar surface area (TPSA) is 61.7 Å². The average Bonchev–Trinajstić information content (AvgIpc) is 2.88. The maximum Gasteiger partial charge on any atom is 0.207 e. The van der Waals surface area contributed by atoms with Crippen molar-refractivity contribution in [3.05, 3.63) is 34.7 Å². The minimum absolute atomic E-state index is 0.190. The van der Waals surface area contributed by atoms with E-state index in [0.29, 0.717) is 11.2 Å². The summed E-state index contributed by atoms with van der Waals surface area (Å²) in [5.41, 5.74) is 8.26. The number of benzene rings is 1. The number of hydrogen-bond acceptors (Lipinski definition) is 3. The number of hydrogen-bond donors (Lipinski definition) is 1. The first-order chi connectivity index (χ1) is 9.54. The van der Waals surface area contributed by atoms with Crippen molar-refractivity contribution in [2.75, 3.05) is 5.73 Å². The van der Waals surface area contributed by atoms with Gasteiger partial charge in [-0.25, -0.2) is 14.1 Å². The fourth-order valence-corrected chi connectivity index (χ4v) is 2.61. The van der Waals surface area contributed by atoms with Crippen molar-refractivity contribution < 1.29 is 4.39 Å². The summed E-state index contributed by atoms with van der Waals surface area (Å²) in [5.74, 6) is -0.266. The maximum atomic E-state index is 14.1. The molecule has 0 bridgehead atoms. The number of aryl methyl sites for hydroxylation is 2. The van der Waals surface area contributed by atoms with E-state index in [-0.39, 0.29) is 16.7 Å². The van der Waals surface area contributed by atoms with Gasteiger partial charge in [-0.15, -0.1) is 0 Å². The summed E-state index contributed by atoms with van der Waals surface area (Å²) >= 11 is 6.11. The highest BCUT2D eigenvalue weighted by molar-refractivity contribution is 6.32. The van der Waals surface area contributed by atoms with Gasteiger partial charge in [-0.1, -0.05) is 24.6 Å². The average molecular weight is 294 g/mol. The van der Waals surface area contributed by atoms with Crippen LogP contribution in [0.5, 0.6) is 0 Å². The fraction of sp³-hybridized carbons (Fsp3) is 0.231. The van der Waals surface area contributed by atoms with E-state index in [1.807, 2.05) is 6.92 Å². The second-order valence-electron chi connectivity index (χ2n) is 4.47. The molecule has 7 heteroatoms. The Hall–Kier alpha value is -2.08. The molecule has 20 heavy (non-hydrogen) atoms. The van der Waals surface area contributed by atoms with E-state index >= 15 is 0 Å². The summed E-state index contributed by atoms with van der Waals surface area (Å²) in [6, 6.07) is 4.50. The molecule has 104 valence electrons. The monoisotopic (exact) mass is 293 g/mol. The second-order valence-corrected chi connectivity index (χ2v) is 4.88. The molecule has 0 spiro atoms. The van der Waals surface area contributed by atoms with Gasteiger partial charge in [0.25, 0.3) is 0 Å². The van der Waals surface area contributed by atoms with Crippen LogP contribution in [0, 0.1) is 5.82 Å². The number of nitrogen functional groups attached to an aromatic ring is 1. The van der Waals surface area contributed by atoms with Crippen LogP contribution in [-0.4, -0.2) is 19.3 Å². The van der Waals surface area contributed by atoms with E-state index in [0.717, 1.165) is 12.1 Å². The van der Waals surface area contributed by atoms with Crippen molar-refractivity contribution in [2.45, 2.75) is 13.3 Å². The molecule has 2 N–H and O–H groups in total. The third-order valence-electron chi connectivity index (χ3n) is 3.23. The zero-order valence-corrected chi connectivity index (χ0v) is 11.8. The van der Waals surface area contributed by atoms with Crippen molar-refractivity contribution in [1.82, 2.24) is 19.3 Å². The summed E-state index contributed by atoms with van der Waals surface area (Å²) < 4.78 is 17.3. The summed E-state index contributed by atoms with van der Waals surface area (Å²) in [7, 11) is 1.77. The minimum atomic E-state index is -0.456. The molecule has 0 radical (unpaired) electrons. The van der Waals surface area contributed by atoms with Crippen LogP contribution in [0.25, 0.3) is 16.9 Å². The first-order valence-electron chi connectivity index (χ1n) is 6.18. The molecule has 2 heterocycles. The Bertz CT molecular complexity index is 785. The summed E-state index contributed by atoms with van der Waals surface area (Å²) in [6.45, 7) is 1.98. The van der Waals surface area contributed by atoms with E-state index in [2.05, 4.69) is 10.1 Å². The molecule has 0 aliphatic carbocycles. The van der Waals surface area contributed by atoms with Crippen molar-refractivity contribution >= 4 is 28.7 Å². The van der Waals surface area contributed by atoms with Crippen molar-refractivity contribution in [1.29, 1.82) is 0 Å². The summed E-state index contributed by atoms with van der Waals surface area (Å²) in [4.78, 5) is 4.30. The molecule has 0 atom stereocenters. The van der Waals surface area contributed by atoms with Crippen LogP contribution in [-0.2, 0) is 13.5 Å². The van der Waals surface area contributed by atoms with Gasteiger partial charge in [0, 0.05) is 7.05 Å². The number of halogens is 2. The molecule has 1 aromatic carbocycles. The van der Waals surface area contributed by atoms with Crippen LogP contribution in [0.15, 0.2) is 18.2 Å². The Morgan fingerprint density at radius 1 is 1.40 bits per heavy atom. The molecule has 0 amide bonds. The van der Waals surface area contributed by atoms with Crippen LogP contribution in [0.3, 0.4) is 0 Å². The Labute approximate surface area is 119 Å². The molecule has 0 aliphatic rings. The molecular formula is C13H13ClFN5. The predicted molar refractivity (Wildman–Crippen MR) is 76.6 cm³/mol. The van der Waals surface area contributed by atoms with Gasteiger partial charge in [-0.2, -0.15) is 5.10 Å². The molecule has 3 aromatic rings. The fourth-order valence-electron chi connectivity index (χ4n) is 2.36. The van der Waals surface area contributed by atoms with Gasteiger partial charge in [0.1, 0.15) is 17.0 Å². The van der Waals surface area contributed by atoms with Gasteiger partial charge >= 0.3 is 0 Å². The molecule has 3 rings (SSSR count). The number of para-hydroxylation sites is 1. The van der Waals surface area contributed by atoms with Gasteiger partial charge in [0.2, 0.25) is 5.95 Å². The predicted octanol–water partition coefficient (Wildman–Crippen LogP) is 2.70. The smallest absolute Gasteiger partial charge is 0.207 e. The van der Waals surface area contributed by atoms with Gasteiger partial charge in [-0.3, -0.25) is 4.57 Å². The molecule has 2 aromatic heterocycles. The summed E-state index contributed by atoms with van der Waals surface area (Å²) in [5, 5.41) is 4.64. The Balaban J connectivity index is 2.42. The zero-order valence-electron chi connectivity index (χ0n) is 11.1. The number of anilines is 1. The summed E-state index contributed by atoms with van der Waals surface area (Å²) in [6.07, 6.45) is 0.721. The van der Waals surface area contributed by atoms with Gasteiger partial charge < -0.3 is 5.73 Å². The molecule has 0 fully saturated rings. The van der Waals surface area contributed by atoms with Gasteiger partial charge in [0.05, 0.1) is 10.7 Å². The van der Waals surface area contributed by atoms with Crippen LogP contribution in [0.4, 0.5) is 10.3 Å². The quantitative estimate of drug-likeness (QED) is 0.790. The lowest BCUT2D eigenvalue weighted by Crippen LogP contribution is -2.07. The number of aromatic nitrogens is 4. The molecular weight excluding hydrogens is 281 g/mol. The van der Waals surface area contributed by atoms with E-state index in [4.69, 9.17) is 17.3 Å². The second kappa shape index (κ2) is 4.49. The highest BCUT2D eigenvalue weighted by Crippen LogP contribution is 2.31. The highest BCUT2D eigenvalue weighted by Gasteiger charge is 2.21. The largest absolute Gasteiger partial charge is 0.369 e. The number of nitrogens with two attached hydrogens (primary N) is 1. The minimum Gasteiger partial charge on any atom is -0.369 e. The first kappa shape index (κ1) is 12.9. The normalized spacial score (nSPS) is 11.4. The van der Waals surface area contributed by atoms with Crippen LogP contribution in [0.1, 0.15) is 12.6 Å². The standard InChI is InChI=1S/C13H13ClFN5/c1-3-9-10-12(19(2)18-9)20(13(16)17-10)11-7(14)5-4-6-8(11)15/h4-6H,3H2,1-2H3,(H2,16,17). The van der Waals surface area contributed by atoms with E-state index < -0.39 is 5.82 Å². The molecule has 0 saturated heterocycles. The van der Waals surface area contributed by atoms with Crippen molar-refractivity contribution in [3.8, 4) is 5.69 Å². The third kappa shape index (κ3) is 1.68. The molecule has 5 nitrogen and oxygen atoms in total. The third-order valence-corrected chi connectivity index (χ3v) is 3.53. The lowest BCUT2D eigenvalue weighted by Gasteiger charge is -2.09. The lowest BCUT2D eigenvalue weighted by atomic mass is 10.3. The Morgan fingerprint density at radius 3 is 2.80 bits per heavy atom. The SMILES string of the molecule is CCc1nn(C)c2c1nc(N)n2-c1c(F)cccc1Cl. The molecule has 0 saturated carbocycles.